The summed E-state index contributed by atoms with van der Waals surface area (Å²) in [4.78, 5) is 11.5. The van der Waals surface area contributed by atoms with E-state index in [1.807, 2.05) is 0 Å². The van der Waals surface area contributed by atoms with Gasteiger partial charge in [-0.05, 0) is 19.1 Å². The van der Waals surface area contributed by atoms with Crippen LogP contribution in [0.25, 0.3) is 5.65 Å². The van der Waals surface area contributed by atoms with Gasteiger partial charge >= 0.3 is 5.97 Å². The normalized spacial score (nSPS) is 13.4. The Morgan fingerprint density at radius 3 is 2.63 bits per heavy atom. The van der Waals surface area contributed by atoms with Crippen LogP contribution in [0, 0.1) is 0 Å². The molecule has 8 heteroatoms. The van der Waals surface area contributed by atoms with E-state index >= 15 is 0 Å². The van der Waals surface area contributed by atoms with E-state index in [4.69, 9.17) is 0 Å². The van der Waals surface area contributed by atoms with E-state index in [9.17, 15) is 13.2 Å². The number of carbonyl (C=O) groups excluding carboxylic acids is 1. The van der Waals surface area contributed by atoms with Crippen molar-refractivity contribution in [3.63, 3.8) is 0 Å². The van der Waals surface area contributed by atoms with Crippen LogP contribution in [0.3, 0.4) is 0 Å². The quantitative estimate of drug-likeness (QED) is 0.767. The fourth-order valence-electron chi connectivity index (χ4n) is 1.62. The zero-order valence-electron chi connectivity index (χ0n) is 10.7. The molecular formula is C11H13N3O4S. The lowest BCUT2D eigenvalue weighted by Gasteiger charge is -2.07. The Morgan fingerprint density at radius 2 is 2.05 bits per heavy atom. The molecule has 0 saturated carbocycles. The predicted octanol–water partition coefficient (Wildman–Crippen LogP) is 0.622. The van der Waals surface area contributed by atoms with Crippen molar-refractivity contribution in [1.82, 2.24) is 14.6 Å². The summed E-state index contributed by atoms with van der Waals surface area (Å²) in [6.45, 7) is 1.52. The molecule has 1 atom stereocenters. The lowest BCUT2D eigenvalue weighted by Crippen LogP contribution is -2.12. The molecule has 19 heavy (non-hydrogen) atoms. The maximum absolute atomic E-state index is 11.6. The molecule has 0 amide bonds. The third-order valence-electron chi connectivity index (χ3n) is 2.86. The highest BCUT2D eigenvalue weighted by Crippen LogP contribution is 2.20. The molecule has 0 fully saturated rings. The number of rotatable bonds is 3. The highest BCUT2D eigenvalue weighted by atomic mass is 32.2. The van der Waals surface area contributed by atoms with Crippen LogP contribution in [0.2, 0.25) is 0 Å². The second-order valence-electron chi connectivity index (χ2n) is 4.17. The Bertz CT molecular complexity index is 735. The van der Waals surface area contributed by atoms with Gasteiger partial charge in [0.1, 0.15) is 5.25 Å². The largest absolute Gasteiger partial charge is 0.465 e. The predicted molar refractivity (Wildman–Crippen MR) is 67.6 cm³/mol. The lowest BCUT2D eigenvalue weighted by molar-refractivity contribution is 0.0600. The third-order valence-corrected chi connectivity index (χ3v) is 4.35. The van der Waals surface area contributed by atoms with Crippen LogP contribution in [-0.4, -0.2) is 42.4 Å². The molecule has 0 radical (unpaired) electrons. The van der Waals surface area contributed by atoms with Crippen LogP contribution < -0.4 is 0 Å². The number of ether oxygens (including phenoxy) is 1. The summed E-state index contributed by atoms with van der Waals surface area (Å²) in [6, 6.07) is 3.13. The van der Waals surface area contributed by atoms with Gasteiger partial charge in [0.25, 0.3) is 0 Å². The number of pyridine rings is 1. The number of hydrogen-bond donors (Lipinski definition) is 0. The molecule has 0 aliphatic carbocycles. The first-order chi connectivity index (χ1) is 8.84. The van der Waals surface area contributed by atoms with Gasteiger partial charge in [-0.3, -0.25) is 4.40 Å². The molecular weight excluding hydrogens is 270 g/mol. The van der Waals surface area contributed by atoms with E-state index in [0.29, 0.717) is 11.2 Å². The molecule has 2 aromatic heterocycles. The first-order valence-electron chi connectivity index (χ1n) is 5.46. The molecule has 0 aromatic carbocycles. The number of fused-ring (bicyclic) bond motifs is 1. The monoisotopic (exact) mass is 283 g/mol. The van der Waals surface area contributed by atoms with Crippen molar-refractivity contribution in [1.29, 1.82) is 0 Å². The van der Waals surface area contributed by atoms with Crippen LogP contribution in [0.1, 0.15) is 28.4 Å². The van der Waals surface area contributed by atoms with Crippen molar-refractivity contribution in [3.05, 3.63) is 29.7 Å². The van der Waals surface area contributed by atoms with Gasteiger partial charge in [0.05, 0.1) is 12.7 Å². The van der Waals surface area contributed by atoms with Gasteiger partial charge in [-0.2, -0.15) is 0 Å². The van der Waals surface area contributed by atoms with Crippen LogP contribution in [-0.2, 0) is 14.6 Å². The smallest absolute Gasteiger partial charge is 0.339 e. The lowest BCUT2D eigenvalue weighted by atomic mass is 10.3. The number of nitrogens with zero attached hydrogens (tertiary/aromatic N) is 3. The van der Waals surface area contributed by atoms with Crippen molar-refractivity contribution in [2.45, 2.75) is 12.2 Å². The Morgan fingerprint density at radius 1 is 1.37 bits per heavy atom. The second kappa shape index (κ2) is 4.61. The van der Waals surface area contributed by atoms with Crippen LogP contribution in [0.5, 0.6) is 0 Å². The van der Waals surface area contributed by atoms with Gasteiger partial charge in [-0.15, -0.1) is 10.2 Å². The molecule has 102 valence electrons. The maximum Gasteiger partial charge on any atom is 0.339 e. The minimum atomic E-state index is -3.30. The van der Waals surface area contributed by atoms with Crippen LogP contribution >= 0.6 is 0 Å². The zero-order valence-corrected chi connectivity index (χ0v) is 11.5. The summed E-state index contributed by atoms with van der Waals surface area (Å²) in [5, 5.41) is 6.94. The van der Waals surface area contributed by atoms with E-state index in [0.717, 1.165) is 6.26 Å². The molecule has 1 unspecified atom stereocenters. The first kappa shape index (κ1) is 13.5. The number of methoxy groups -OCH3 is 1. The first-order valence-corrected chi connectivity index (χ1v) is 7.42. The van der Waals surface area contributed by atoms with Crippen LogP contribution in [0.4, 0.5) is 0 Å². The molecule has 0 aliphatic rings. The van der Waals surface area contributed by atoms with E-state index in [1.54, 1.807) is 12.1 Å². The summed E-state index contributed by atoms with van der Waals surface area (Å²) in [5.41, 5.74) is 0.773. The van der Waals surface area contributed by atoms with Crippen molar-refractivity contribution in [3.8, 4) is 0 Å². The highest BCUT2D eigenvalue weighted by Gasteiger charge is 2.23. The van der Waals surface area contributed by atoms with E-state index in [1.165, 1.54) is 24.6 Å². The number of esters is 1. The minimum absolute atomic E-state index is 0.267. The fraction of sp³-hybridized carbons (Fsp3) is 0.364. The highest BCUT2D eigenvalue weighted by molar-refractivity contribution is 7.90. The van der Waals surface area contributed by atoms with Gasteiger partial charge in [-0.1, -0.05) is 0 Å². The number of hydrogen-bond acceptors (Lipinski definition) is 6. The Kier molecular flexibility index (Phi) is 3.27. The number of carbonyl (C=O) groups is 1. The fourth-order valence-corrected chi connectivity index (χ4v) is 2.16. The zero-order chi connectivity index (χ0) is 14.2. The molecule has 0 saturated heterocycles. The molecule has 2 heterocycles. The van der Waals surface area contributed by atoms with Gasteiger partial charge in [0, 0.05) is 12.5 Å². The molecule has 7 nitrogen and oxygen atoms in total. The van der Waals surface area contributed by atoms with Crippen LogP contribution in [0.15, 0.2) is 18.3 Å². The van der Waals surface area contributed by atoms with Gasteiger partial charge in [-0.25, -0.2) is 13.2 Å². The SMILES string of the molecule is COC(=O)c1ccc2nnc(C(C)S(C)(=O)=O)n2c1. The topological polar surface area (TPSA) is 90.6 Å². The Hall–Kier alpha value is -1.96. The van der Waals surface area contributed by atoms with E-state index < -0.39 is 21.1 Å². The molecule has 0 bridgehead atoms. The van der Waals surface area contributed by atoms with Crippen molar-refractivity contribution < 1.29 is 17.9 Å². The van der Waals surface area contributed by atoms with E-state index in [2.05, 4.69) is 14.9 Å². The standard InChI is InChI=1S/C11H13N3O4S/c1-7(19(3,16)17)10-13-12-9-5-4-8(6-14(9)10)11(15)18-2/h4-7H,1-3H3. The summed E-state index contributed by atoms with van der Waals surface area (Å²) < 4.78 is 29.3. The average Bonchev–Trinajstić information content (AvgIpc) is 2.78. The maximum atomic E-state index is 11.6. The van der Waals surface area contributed by atoms with Crippen molar-refractivity contribution >= 4 is 21.5 Å². The second-order valence-corrected chi connectivity index (χ2v) is 6.53. The summed E-state index contributed by atoms with van der Waals surface area (Å²) in [5.74, 6) is -0.239. The molecule has 0 N–H and O–H groups in total. The molecule has 0 aliphatic heterocycles. The Balaban J connectivity index is 2.61. The van der Waals surface area contributed by atoms with Gasteiger partial charge < -0.3 is 4.74 Å². The average molecular weight is 283 g/mol. The molecule has 0 spiro atoms. The minimum Gasteiger partial charge on any atom is -0.465 e. The number of aromatic nitrogens is 3. The molecule has 2 aromatic rings. The van der Waals surface area contributed by atoms with Crippen molar-refractivity contribution in [2.75, 3.05) is 13.4 Å². The van der Waals surface area contributed by atoms with Gasteiger partial charge in [0.15, 0.2) is 21.3 Å². The summed E-state index contributed by atoms with van der Waals surface area (Å²) >= 11 is 0. The molecule has 2 rings (SSSR count). The van der Waals surface area contributed by atoms with Crippen molar-refractivity contribution in [2.24, 2.45) is 0 Å². The Labute approximate surface area is 110 Å². The summed E-state index contributed by atoms with van der Waals surface area (Å²) in [6.07, 6.45) is 2.60. The number of sulfone groups is 1. The summed E-state index contributed by atoms with van der Waals surface area (Å²) in [7, 11) is -2.02. The van der Waals surface area contributed by atoms with E-state index in [-0.39, 0.29) is 5.82 Å². The third kappa shape index (κ3) is 2.43. The van der Waals surface area contributed by atoms with Gasteiger partial charge in [0.2, 0.25) is 0 Å².